The molecule has 0 bridgehead atoms. The number of aliphatic hydroxyl groups excluding tert-OH is 1. The first-order valence-corrected chi connectivity index (χ1v) is 7.29. The number of hydrogen-bond acceptors (Lipinski definition) is 3. The molecule has 3 nitrogen and oxygen atoms in total. The lowest BCUT2D eigenvalue weighted by Gasteiger charge is -2.17. The van der Waals surface area contributed by atoms with Crippen LogP contribution in [0.25, 0.3) is 0 Å². The van der Waals surface area contributed by atoms with Gasteiger partial charge in [-0.3, -0.25) is 4.90 Å². The van der Waals surface area contributed by atoms with Crippen molar-refractivity contribution in [2.75, 3.05) is 26.2 Å². The molecule has 1 aromatic carbocycles. The van der Waals surface area contributed by atoms with Crippen LogP contribution in [0.2, 0.25) is 0 Å². The summed E-state index contributed by atoms with van der Waals surface area (Å²) < 4.78 is 6.78. The molecule has 100 valence electrons. The number of rotatable bonds is 5. The molecule has 1 aliphatic heterocycles. The van der Waals surface area contributed by atoms with Crippen molar-refractivity contribution in [1.82, 2.24) is 4.90 Å². The number of likely N-dealkylation sites (tertiary alicyclic amines) is 1. The zero-order valence-electron chi connectivity index (χ0n) is 10.7. The lowest BCUT2D eigenvalue weighted by molar-refractivity contribution is 0.186. The van der Waals surface area contributed by atoms with Gasteiger partial charge < -0.3 is 9.84 Å². The first-order chi connectivity index (χ1) is 8.66. The van der Waals surface area contributed by atoms with E-state index in [2.05, 4.69) is 20.8 Å². The smallest absolute Gasteiger partial charge is 0.126 e. The number of ether oxygens (including phenoxy) is 1. The lowest BCUT2D eigenvalue weighted by Crippen LogP contribution is -2.25. The molecule has 0 aromatic heterocycles. The van der Waals surface area contributed by atoms with Crippen LogP contribution in [0.3, 0.4) is 0 Å². The third kappa shape index (κ3) is 3.70. The molecule has 1 aromatic rings. The molecule has 0 spiro atoms. The van der Waals surface area contributed by atoms with Crippen molar-refractivity contribution < 1.29 is 9.84 Å². The van der Waals surface area contributed by atoms with Gasteiger partial charge in [-0.1, -0.05) is 22.0 Å². The molecule has 0 unspecified atom stereocenters. The van der Waals surface area contributed by atoms with Crippen LogP contribution < -0.4 is 4.74 Å². The predicted octanol–water partition coefficient (Wildman–Crippen LogP) is 2.98. The van der Waals surface area contributed by atoms with Gasteiger partial charge in [-0.15, -0.1) is 0 Å². The van der Waals surface area contributed by atoms with Gasteiger partial charge in [0.15, 0.2) is 0 Å². The SMILES string of the molecule is C[C@@H](O)c1ccc(Br)cc1OCCN1CCCC1. The molecule has 0 radical (unpaired) electrons. The lowest BCUT2D eigenvalue weighted by atomic mass is 10.1. The summed E-state index contributed by atoms with van der Waals surface area (Å²) in [5.41, 5.74) is 0.847. The van der Waals surface area contributed by atoms with Crippen LogP contribution in [0.5, 0.6) is 5.75 Å². The molecule has 1 fully saturated rings. The molecule has 2 rings (SSSR count). The molecule has 1 heterocycles. The second kappa shape index (κ2) is 6.55. The highest BCUT2D eigenvalue weighted by molar-refractivity contribution is 9.10. The van der Waals surface area contributed by atoms with Crippen molar-refractivity contribution in [1.29, 1.82) is 0 Å². The largest absolute Gasteiger partial charge is 0.492 e. The molecule has 1 atom stereocenters. The van der Waals surface area contributed by atoms with E-state index < -0.39 is 6.10 Å². The molecule has 0 amide bonds. The zero-order chi connectivity index (χ0) is 13.0. The third-order valence-corrected chi connectivity index (χ3v) is 3.78. The molecule has 18 heavy (non-hydrogen) atoms. The number of hydrogen-bond donors (Lipinski definition) is 1. The normalized spacial score (nSPS) is 17.9. The van der Waals surface area contributed by atoms with Gasteiger partial charge in [0.2, 0.25) is 0 Å². The van der Waals surface area contributed by atoms with Crippen LogP contribution in [-0.2, 0) is 0 Å². The van der Waals surface area contributed by atoms with Crippen molar-refractivity contribution in [3.05, 3.63) is 28.2 Å². The Labute approximate surface area is 117 Å². The summed E-state index contributed by atoms with van der Waals surface area (Å²) in [6.07, 6.45) is 2.10. The summed E-state index contributed by atoms with van der Waals surface area (Å²) in [5.74, 6) is 0.776. The van der Waals surface area contributed by atoms with Gasteiger partial charge in [0, 0.05) is 16.6 Å². The van der Waals surface area contributed by atoms with Crippen molar-refractivity contribution in [3.8, 4) is 5.75 Å². The zero-order valence-corrected chi connectivity index (χ0v) is 12.3. The molecular weight excluding hydrogens is 294 g/mol. The maximum absolute atomic E-state index is 9.70. The highest BCUT2D eigenvalue weighted by atomic mass is 79.9. The summed E-state index contributed by atoms with van der Waals surface area (Å²) in [5, 5.41) is 9.70. The minimum absolute atomic E-state index is 0.500. The van der Waals surface area contributed by atoms with Crippen LogP contribution in [0.15, 0.2) is 22.7 Å². The fraction of sp³-hybridized carbons (Fsp3) is 0.571. The van der Waals surface area contributed by atoms with Crippen molar-refractivity contribution >= 4 is 15.9 Å². The van der Waals surface area contributed by atoms with E-state index in [4.69, 9.17) is 4.74 Å². The average molecular weight is 314 g/mol. The van der Waals surface area contributed by atoms with Crippen LogP contribution in [0.4, 0.5) is 0 Å². The first kappa shape index (κ1) is 13.8. The maximum Gasteiger partial charge on any atom is 0.126 e. The van der Waals surface area contributed by atoms with Crippen molar-refractivity contribution in [3.63, 3.8) is 0 Å². The molecule has 0 aliphatic carbocycles. The summed E-state index contributed by atoms with van der Waals surface area (Å²) in [6.45, 7) is 5.77. The molecule has 4 heteroatoms. The van der Waals surface area contributed by atoms with E-state index in [9.17, 15) is 5.11 Å². The van der Waals surface area contributed by atoms with Gasteiger partial charge in [-0.2, -0.15) is 0 Å². The van der Waals surface area contributed by atoms with Gasteiger partial charge in [0.05, 0.1) is 6.10 Å². The van der Waals surface area contributed by atoms with E-state index in [0.29, 0.717) is 6.61 Å². The second-order valence-electron chi connectivity index (χ2n) is 4.76. The topological polar surface area (TPSA) is 32.7 Å². The predicted molar refractivity (Wildman–Crippen MR) is 75.9 cm³/mol. The molecule has 1 aliphatic rings. The molecule has 1 N–H and O–H groups in total. The first-order valence-electron chi connectivity index (χ1n) is 6.49. The summed E-state index contributed by atoms with van der Waals surface area (Å²) in [4.78, 5) is 2.42. The van der Waals surface area contributed by atoms with Crippen LogP contribution in [0, 0.1) is 0 Å². The molecule has 1 saturated heterocycles. The summed E-state index contributed by atoms with van der Waals surface area (Å²) in [6, 6.07) is 5.75. The quantitative estimate of drug-likeness (QED) is 0.907. The number of benzene rings is 1. The maximum atomic E-state index is 9.70. The summed E-state index contributed by atoms with van der Waals surface area (Å²) >= 11 is 3.43. The Morgan fingerprint density at radius 3 is 2.78 bits per heavy atom. The van der Waals surface area contributed by atoms with E-state index in [-0.39, 0.29) is 0 Å². The van der Waals surface area contributed by atoms with E-state index in [1.54, 1.807) is 6.92 Å². The highest BCUT2D eigenvalue weighted by Gasteiger charge is 2.13. The van der Waals surface area contributed by atoms with E-state index in [0.717, 1.165) is 22.3 Å². The van der Waals surface area contributed by atoms with E-state index in [1.807, 2.05) is 18.2 Å². The number of aliphatic hydroxyl groups is 1. The number of nitrogens with zero attached hydrogens (tertiary/aromatic N) is 1. The van der Waals surface area contributed by atoms with E-state index in [1.165, 1.54) is 25.9 Å². The summed E-state index contributed by atoms with van der Waals surface area (Å²) in [7, 11) is 0. The molecular formula is C14H20BrNO2. The van der Waals surface area contributed by atoms with E-state index >= 15 is 0 Å². The molecule has 0 saturated carbocycles. The van der Waals surface area contributed by atoms with Gasteiger partial charge in [0.1, 0.15) is 12.4 Å². The van der Waals surface area contributed by atoms with Gasteiger partial charge >= 0.3 is 0 Å². The van der Waals surface area contributed by atoms with Gasteiger partial charge in [-0.25, -0.2) is 0 Å². The Bertz CT molecular complexity index is 389. The Balaban J connectivity index is 1.92. The minimum atomic E-state index is -0.500. The minimum Gasteiger partial charge on any atom is -0.492 e. The average Bonchev–Trinajstić information content (AvgIpc) is 2.82. The fourth-order valence-electron chi connectivity index (χ4n) is 2.27. The van der Waals surface area contributed by atoms with Crippen molar-refractivity contribution in [2.45, 2.75) is 25.9 Å². The van der Waals surface area contributed by atoms with Gasteiger partial charge in [-0.05, 0) is 45.0 Å². The van der Waals surface area contributed by atoms with Crippen molar-refractivity contribution in [2.24, 2.45) is 0 Å². The standard InChI is InChI=1S/C14H20BrNO2/c1-11(17)13-5-4-12(15)10-14(13)18-9-8-16-6-2-3-7-16/h4-5,10-11,17H,2-3,6-9H2,1H3/t11-/m1/s1. The van der Waals surface area contributed by atoms with Crippen LogP contribution in [0.1, 0.15) is 31.4 Å². The Kier molecular flexibility index (Phi) is 5.03. The Morgan fingerprint density at radius 2 is 2.11 bits per heavy atom. The Morgan fingerprint density at radius 1 is 1.39 bits per heavy atom. The highest BCUT2D eigenvalue weighted by Crippen LogP contribution is 2.28. The second-order valence-corrected chi connectivity index (χ2v) is 5.67. The number of halogens is 1. The van der Waals surface area contributed by atoms with Crippen LogP contribution in [-0.4, -0.2) is 36.2 Å². The monoisotopic (exact) mass is 313 g/mol. The fourth-order valence-corrected chi connectivity index (χ4v) is 2.61. The van der Waals surface area contributed by atoms with Crippen LogP contribution >= 0.6 is 15.9 Å². The third-order valence-electron chi connectivity index (χ3n) is 3.29. The van der Waals surface area contributed by atoms with Gasteiger partial charge in [0.25, 0.3) is 0 Å². The Hall–Kier alpha value is -0.580.